The summed E-state index contributed by atoms with van der Waals surface area (Å²) in [7, 11) is 0. The molecule has 1 aromatic heterocycles. The molecule has 2 aromatic rings. The molecule has 1 amide bonds. The lowest BCUT2D eigenvalue weighted by molar-refractivity contribution is -0.147. The van der Waals surface area contributed by atoms with Crippen molar-refractivity contribution in [2.24, 2.45) is 0 Å². The van der Waals surface area contributed by atoms with E-state index >= 15 is 0 Å². The van der Waals surface area contributed by atoms with Crippen LogP contribution in [0.2, 0.25) is 5.02 Å². The summed E-state index contributed by atoms with van der Waals surface area (Å²) in [6, 6.07) is 7.12. The summed E-state index contributed by atoms with van der Waals surface area (Å²) in [5.41, 5.74) is 0.404. The third kappa shape index (κ3) is 4.34. The lowest BCUT2D eigenvalue weighted by atomic mass is 10.1. The second-order valence-electron chi connectivity index (χ2n) is 7.97. The number of piperazine rings is 1. The molecule has 0 unspecified atom stereocenters. The predicted molar refractivity (Wildman–Crippen MR) is 112 cm³/mol. The molecule has 0 N–H and O–H groups in total. The van der Waals surface area contributed by atoms with Crippen molar-refractivity contribution in [3.8, 4) is 5.75 Å². The molecule has 0 atom stereocenters. The summed E-state index contributed by atoms with van der Waals surface area (Å²) in [4.78, 5) is 23.6. The van der Waals surface area contributed by atoms with Crippen molar-refractivity contribution in [3.05, 3.63) is 44.9 Å². The highest BCUT2D eigenvalue weighted by atomic mass is 35.5. The van der Waals surface area contributed by atoms with E-state index in [1.807, 2.05) is 30.1 Å². The number of thiazole rings is 1. The average molecular weight is 420 g/mol. The van der Waals surface area contributed by atoms with Gasteiger partial charge in [0.05, 0.1) is 12.2 Å². The summed E-state index contributed by atoms with van der Waals surface area (Å²) < 4.78 is 5.96. The Labute approximate surface area is 175 Å². The highest BCUT2D eigenvalue weighted by Crippen LogP contribution is 2.28. The zero-order chi connectivity index (χ0) is 19.7. The summed E-state index contributed by atoms with van der Waals surface area (Å²) in [5.74, 6) is 0.675. The predicted octanol–water partition coefficient (Wildman–Crippen LogP) is 3.79. The third-order valence-electron chi connectivity index (χ3n) is 5.36. The second-order valence-corrected chi connectivity index (χ2v) is 9.57. The molecule has 1 saturated heterocycles. The molecular weight excluding hydrogens is 394 g/mol. The zero-order valence-electron chi connectivity index (χ0n) is 16.4. The molecule has 28 heavy (non-hydrogen) atoms. The Bertz CT molecular complexity index is 820. The number of aryl methyl sites for hydroxylation is 2. The summed E-state index contributed by atoms with van der Waals surface area (Å²) in [6.45, 7) is 7.72. The van der Waals surface area contributed by atoms with Crippen molar-refractivity contribution < 1.29 is 9.53 Å². The molecule has 7 heteroatoms. The number of amides is 1. The van der Waals surface area contributed by atoms with E-state index in [9.17, 15) is 4.79 Å². The number of benzene rings is 1. The summed E-state index contributed by atoms with van der Waals surface area (Å²) >= 11 is 7.79. The first-order chi connectivity index (χ1) is 13.4. The van der Waals surface area contributed by atoms with E-state index in [1.54, 1.807) is 24.3 Å². The molecule has 2 aliphatic rings. The Morgan fingerprint density at radius 1 is 1.18 bits per heavy atom. The van der Waals surface area contributed by atoms with Crippen LogP contribution in [0.25, 0.3) is 0 Å². The van der Waals surface area contributed by atoms with E-state index in [2.05, 4.69) is 4.90 Å². The van der Waals surface area contributed by atoms with Gasteiger partial charge in [0.25, 0.3) is 5.91 Å². The van der Waals surface area contributed by atoms with Crippen LogP contribution >= 0.6 is 22.9 Å². The first-order valence-electron chi connectivity index (χ1n) is 9.84. The van der Waals surface area contributed by atoms with Crippen molar-refractivity contribution in [2.75, 3.05) is 26.2 Å². The van der Waals surface area contributed by atoms with Gasteiger partial charge in [0.1, 0.15) is 10.8 Å². The van der Waals surface area contributed by atoms with Crippen LogP contribution in [0, 0.1) is 0 Å². The molecule has 1 aromatic carbocycles. The van der Waals surface area contributed by atoms with Crippen LogP contribution in [0.5, 0.6) is 5.75 Å². The van der Waals surface area contributed by atoms with Gasteiger partial charge in [-0.3, -0.25) is 9.69 Å². The quantitative estimate of drug-likeness (QED) is 0.739. The minimum Gasteiger partial charge on any atom is -0.478 e. The SMILES string of the molecule is CC(C)(Oc1ccc(Cl)cc1)C(=O)N1CCN(Cc2nc3c(s2)CCC3)CC1. The number of halogens is 1. The first-order valence-corrected chi connectivity index (χ1v) is 11.0. The van der Waals surface area contributed by atoms with Gasteiger partial charge >= 0.3 is 0 Å². The molecule has 0 radical (unpaired) electrons. The summed E-state index contributed by atoms with van der Waals surface area (Å²) in [5, 5.41) is 1.87. The lowest BCUT2D eigenvalue weighted by Gasteiger charge is -2.38. The van der Waals surface area contributed by atoms with Gasteiger partial charge in [0, 0.05) is 36.1 Å². The largest absolute Gasteiger partial charge is 0.478 e. The summed E-state index contributed by atoms with van der Waals surface area (Å²) in [6.07, 6.45) is 3.58. The molecule has 0 spiro atoms. The van der Waals surface area contributed by atoms with Gasteiger partial charge in [-0.1, -0.05) is 11.6 Å². The lowest BCUT2D eigenvalue weighted by Crippen LogP contribution is -2.55. The van der Waals surface area contributed by atoms with Gasteiger partial charge < -0.3 is 9.64 Å². The number of nitrogens with zero attached hydrogens (tertiary/aromatic N) is 3. The van der Waals surface area contributed by atoms with Crippen molar-refractivity contribution >= 4 is 28.8 Å². The fourth-order valence-corrected chi connectivity index (χ4v) is 5.16. The van der Waals surface area contributed by atoms with Gasteiger partial charge in [-0.15, -0.1) is 11.3 Å². The maximum absolute atomic E-state index is 13.0. The minimum atomic E-state index is -0.911. The number of rotatable bonds is 5. The number of carbonyl (C=O) groups is 1. The Hall–Kier alpha value is -1.63. The minimum absolute atomic E-state index is 0.0234. The first kappa shape index (κ1) is 19.7. The molecule has 2 heterocycles. The standard InChI is InChI=1S/C21H26ClN3O2S/c1-21(2,27-16-8-6-15(22)7-9-16)20(26)25-12-10-24(11-13-25)14-19-23-17-4-3-5-18(17)28-19/h6-9H,3-5,10-14H2,1-2H3. The van der Waals surface area contributed by atoms with E-state index in [0.717, 1.165) is 39.1 Å². The maximum atomic E-state index is 13.0. The van der Waals surface area contributed by atoms with Gasteiger partial charge in [0.2, 0.25) is 0 Å². The van der Waals surface area contributed by atoms with Crippen LogP contribution < -0.4 is 4.74 Å². The van der Waals surface area contributed by atoms with Crippen LogP contribution in [0.1, 0.15) is 35.8 Å². The van der Waals surface area contributed by atoms with E-state index in [0.29, 0.717) is 10.8 Å². The van der Waals surface area contributed by atoms with E-state index in [-0.39, 0.29) is 5.91 Å². The Morgan fingerprint density at radius 3 is 2.57 bits per heavy atom. The monoisotopic (exact) mass is 419 g/mol. The third-order valence-corrected chi connectivity index (χ3v) is 6.75. The van der Waals surface area contributed by atoms with Gasteiger partial charge in [-0.2, -0.15) is 0 Å². The second kappa shape index (κ2) is 8.01. The zero-order valence-corrected chi connectivity index (χ0v) is 18.0. The molecule has 5 nitrogen and oxygen atoms in total. The Balaban J connectivity index is 1.30. The number of ether oxygens (including phenoxy) is 1. The molecular formula is C21H26ClN3O2S. The van der Waals surface area contributed by atoms with Gasteiger partial charge in [-0.05, 0) is 57.4 Å². The molecule has 1 aliphatic carbocycles. The van der Waals surface area contributed by atoms with Crippen LogP contribution in [0.4, 0.5) is 0 Å². The van der Waals surface area contributed by atoms with Crippen molar-refractivity contribution in [1.82, 2.24) is 14.8 Å². The molecule has 0 bridgehead atoms. The van der Waals surface area contributed by atoms with E-state index in [1.165, 1.54) is 28.4 Å². The fourth-order valence-electron chi connectivity index (χ4n) is 3.83. The highest BCUT2D eigenvalue weighted by molar-refractivity contribution is 7.11. The van der Waals surface area contributed by atoms with Gasteiger partial charge in [-0.25, -0.2) is 4.98 Å². The van der Waals surface area contributed by atoms with Crippen LogP contribution in [-0.2, 0) is 24.2 Å². The topological polar surface area (TPSA) is 45.7 Å². The number of hydrogen-bond donors (Lipinski definition) is 0. The molecule has 1 aliphatic heterocycles. The van der Waals surface area contributed by atoms with Gasteiger partial charge in [0.15, 0.2) is 5.60 Å². The van der Waals surface area contributed by atoms with Crippen molar-refractivity contribution in [3.63, 3.8) is 0 Å². The number of aromatic nitrogens is 1. The number of hydrogen-bond acceptors (Lipinski definition) is 5. The van der Waals surface area contributed by atoms with Crippen LogP contribution in [0.15, 0.2) is 24.3 Å². The van der Waals surface area contributed by atoms with E-state index in [4.69, 9.17) is 21.3 Å². The van der Waals surface area contributed by atoms with Crippen molar-refractivity contribution in [2.45, 2.75) is 45.3 Å². The molecule has 4 rings (SSSR count). The molecule has 150 valence electrons. The van der Waals surface area contributed by atoms with Crippen molar-refractivity contribution in [1.29, 1.82) is 0 Å². The fraction of sp³-hybridized carbons (Fsp3) is 0.524. The highest BCUT2D eigenvalue weighted by Gasteiger charge is 2.35. The smallest absolute Gasteiger partial charge is 0.266 e. The molecule has 1 fully saturated rings. The maximum Gasteiger partial charge on any atom is 0.266 e. The van der Waals surface area contributed by atoms with Crippen LogP contribution in [-0.4, -0.2) is 52.5 Å². The van der Waals surface area contributed by atoms with E-state index < -0.39 is 5.60 Å². The molecule has 0 saturated carbocycles. The Morgan fingerprint density at radius 2 is 1.89 bits per heavy atom. The average Bonchev–Trinajstić information content (AvgIpc) is 3.25. The van der Waals surface area contributed by atoms with Crippen LogP contribution in [0.3, 0.4) is 0 Å². The number of fused-ring (bicyclic) bond motifs is 1. The number of carbonyl (C=O) groups excluding carboxylic acids is 1. The Kier molecular flexibility index (Phi) is 5.63. The normalized spacial score (nSPS) is 17.6.